The normalized spacial score (nSPS) is 16.0. The van der Waals surface area contributed by atoms with Gasteiger partial charge < -0.3 is 15.8 Å². The molecule has 1 aromatic rings. The SMILES string of the molecule is COCCN(C1CC1)C(C)C(=O)Nc1ccc(F)c(N)c1. The van der Waals surface area contributed by atoms with Gasteiger partial charge in [0, 0.05) is 25.4 Å². The summed E-state index contributed by atoms with van der Waals surface area (Å²) in [6.07, 6.45) is 2.23. The van der Waals surface area contributed by atoms with E-state index in [0.29, 0.717) is 18.3 Å². The second-order valence-electron chi connectivity index (χ2n) is 5.36. The van der Waals surface area contributed by atoms with Crippen molar-refractivity contribution in [3.63, 3.8) is 0 Å². The smallest absolute Gasteiger partial charge is 0.241 e. The number of halogens is 1. The molecule has 1 unspecified atom stereocenters. The molecule has 0 bridgehead atoms. The van der Waals surface area contributed by atoms with Gasteiger partial charge in [-0.2, -0.15) is 0 Å². The van der Waals surface area contributed by atoms with Crippen LogP contribution in [0.5, 0.6) is 0 Å². The van der Waals surface area contributed by atoms with Crippen molar-refractivity contribution in [3.8, 4) is 0 Å². The summed E-state index contributed by atoms with van der Waals surface area (Å²) in [6, 6.07) is 4.38. The monoisotopic (exact) mass is 295 g/mol. The van der Waals surface area contributed by atoms with Crippen molar-refractivity contribution in [1.82, 2.24) is 4.90 Å². The Balaban J connectivity index is 1.98. The number of benzene rings is 1. The molecule has 1 aliphatic carbocycles. The molecular weight excluding hydrogens is 273 g/mol. The number of nitrogens with zero attached hydrogens (tertiary/aromatic N) is 1. The first kappa shape index (κ1) is 15.7. The molecule has 1 saturated carbocycles. The lowest BCUT2D eigenvalue weighted by molar-refractivity contribution is -0.121. The van der Waals surface area contributed by atoms with Gasteiger partial charge in [0.25, 0.3) is 0 Å². The van der Waals surface area contributed by atoms with Crippen molar-refractivity contribution in [2.45, 2.75) is 31.8 Å². The predicted octanol–water partition coefficient (Wildman–Crippen LogP) is 1.85. The molecule has 0 aliphatic heterocycles. The van der Waals surface area contributed by atoms with E-state index in [1.54, 1.807) is 7.11 Å². The van der Waals surface area contributed by atoms with Gasteiger partial charge in [0.2, 0.25) is 5.91 Å². The first-order valence-electron chi connectivity index (χ1n) is 7.13. The van der Waals surface area contributed by atoms with E-state index in [1.165, 1.54) is 18.2 Å². The van der Waals surface area contributed by atoms with Crippen LogP contribution in [0, 0.1) is 5.82 Å². The van der Waals surface area contributed by atoms with Gasteiger partial charge in [0.1, 0.15) is 5.82 Å². The third-order valence-corrected chi connectivity index (χ3v) is 3.71. The third kappa shape index (κ3) is 4.15. The lowest BCUT2D eigenvalue weighted by Crippen LogP contribution is -2.44. The highest BCUT2D eigenvalue weighted by molar-refractivity contribution is 5.95. The van der Waals surface area contributed by atoms with Crippen LogP contribution in [0.15, 0.2) is 18.2 Å². The van der Waals surface area contributed by atoms with E-state index in [-0.39, 0.29) is 17.6 Å². The van der Waals surface area contributed by atoms with E-state index < -0.39 is 5.82 Å². The highest BCUT2D eigenvalue weighted by atomic mass is 19.1. The number of carbonyl (C=O) groups is 1. The van der Waals surface area contributed by atoms with Crippen LogP contribution in [0.25, 0.3) is 0 Å². The molecule has 1 fully saturated rings. The molecule has 1 aromatic carbocycles. The van der Waals surface area contributed by atoms with Crippen molar-refractivity contribution in [3.05, 3.63) is 24.0 Å². The molecule has 6 heteroatoms. The maximum Gasteiger partial charge on any atom is 0.241 e. The standard InChI is InChI=1S/C15H22FN3O2/c1-10(19(7-8-21-2)12-4-5-12)15(20)18-11-3-6-13(16)14(17)9-11/h3,6,9-10,12H,4-5,7-8,17H2,1-2H3,(H,18,20). The summed E-state index contributed by atoms with van der Waals surface area (Å²) in [5.74, 6) is -0.607. The van der Waals surface area contributed by atoms with Crippen LogP contribution in [0.1, 0.15) is 19.8 Å². The molecule has 0 radical (unpaired) electrons. The number of hydrogen-bond donors (Lipinski definition) is 2. The zero-order valence-corrected chi connectivity index (χ0v) is 12.4. The van der Waals surface area contributed by atoms with Crippen LogP contribution in [0.4, 0.5) is 15.8 Å². The van der Waals surface area contributed by atoms with Crippen molar-refractivity contribution in [2.24, 2.45) is 0 Å². The molecule has 0 spiro atoms. The van der Waals surface area contributed by atoms with Crippen molar-refractivity contribution in [2.75, 3.05) is 31.3 Å². The Hall–Kier alpha value is -1.66. The van der Waals surface area contributed by atoms with Crippen LogP contribution in [-0.4, -0.2) is 43.2 Å². The number of hydrogen-bond acceptors (Lipinski definition) is 4. The highest BCUT2D eigenvalue weighted by Gasteiger charge is 2.34. The first-order valence-corrected chi connectivity index (χ1v) is 7.13. The van der Waals surface area contributed by atoms with Crippen molar-refractivity contribution in [1.29, 1.82) is 0 Å². The van der Waals surface area contributed by atoms with Crippen LogP contribution in [0.3, 0.4) is 0 Å². The van der Waals surface area contributed by atoms with Crippen LogP contribution in [-0.2, 0) is 9.53 Å². The molecule has 3 N–H and O–H groups in total. The fourth-order valence-corrected chi connectivity index (χ4v) is 2.31. The first-order chi connectivity index (χ1) is 10.0. The minimum atomic E-state index is -0.485. The largest absolute Gasteiger partial charge is 0.396 e. The Labute approximate surface area is 124 Å². The van der Waals surface area contributed by atoms with Gasteiger partial charge in [-0.3, -0.25) is 9.69 Å². The van der Waals surface area contributed by atoms with E-state index >= 15 is 0 Å². The van der Waals surface area contributed by atoms with Gasteiger partial charge in [0.15, 0.2) is 0 Å². The number of rotatable bonds is 7. The summed E-state index contributed by atoms with van der Waals surface area (Å²) in [4.78, 5) is 14.5. The summed E-state index contributed by atoms with van der Waals surface area (Å²) in [6.45, 7) is 3.19. The fraction of sp³-hybridized carbons (Fsp3) is 0.533. The molecule has 0 heterocycles. The number of nitrogens with one attached hydrogen (secondary N) is 1. The summed E-state index contributed by atoms with van der Waals surface area (Å²) in [5.41, 5.74) is 6.04. The van der Waals surface area contributed by atoms with Gasteiger partial charge in [-0.05, 0) is 38.0 Å². The summed E-state index contributed by atoms with van der Waals surface area (Å²) < 4.78 is 18.2. The Kier molecular flexibility index (Phi) is 5.14. The van der Waals surface area contributed by atoms with Crippen LogP contribution in [0.2, 0.25) is 0 Å². The minimum Gasteiger partial charge on any atom is -0.396 e. The lowest BCUT2D eigenvalue weighted by atomic mass is 10.2. The Morgan fingerprint density at radius 2 is 2.29 bits per heavy atom. The topological polar surface area (TPSA) is 67.6 Å². The van der Waals surface area contributed by atoms with E-state index in [2.05, 4.69) is 10.2 Å². The van der Waals surface area contributed by atoms with Crippen LogP contribution >= 0.6 is 0 Å². The third-order valence-electron chi connectivity index (χ3n) is 3.71. The second kappa shape index (κ2) is 6.87. The molecule has 5 nitrogen and oxygen atoms in total. The number of methoxy groups -OCH3 is 1. The van der Waals surface area contributed by atoms with Gasteiger partial charge in [-0.15, -0.1) is 0 Å². The average Bonchev–Trinajstić information content (AvgIpc) is 3.27. The molecular formula is C15H22FN3O2. The van der Waals surface area contributed by atoms with Crippen LogP contribution < -0.4 is 11.1 Å². The molecule has 0 aromatic heterocycles. The predicted molar refractivity (Wildman–Crippen MR) is 80.5 cm³/mol. The maximum absolute atomic E-state index is 13.1. The zero-order valence-electron chi connectivity index (χ0n) is 12.4. The van der Waals surface area contributed by atoms with E-state index in [9.17, 15) is 9.18 Å². The molecule has 1 atom stereocenters. The average molecular weight is 295 g/mol. The van der Waals surface area contributed by atoms with Crippen molar-refractivity contribution >= 4 is 17.3 Å². The Bertz CT molecular complexity index is 506. The van der Waals surface area contributed by atoms with E-state index in [0.717, 1.165) is 19.4 Å². The molecule has 1 amide bonds. The van der Waals surface area contributed by atoms with Gasteiger partial charge in [-0.25, -0.2) is 4.39 Å². The van der Waals surface area contributed by atoms with Crippen molar-refractivity contribution < 1.29 is 13.9 Å². The number of ether oxygens (including phenoxy) is 1. The molecule has 2 rings (SSSR count). The van der Waals surface area contributed by atoms with E-state index in [4.69, 9.17) is 10.5 Å². The fourth-order valence-electron chi connectivity index (χ4n) is 2.31. The summed E-state index contributed by atoms with van der Waals surface area (Å²) >= 11 is 0. The Morgan fingerprint density at radius 1 is 1.57 bits per heavy atom. The van der Waals surface area contributed by atoms with E-state index in [1.807, 2.05) is 6.92 Å². The molecule has 1 aliphatic rings. The summed E-state index contributed by atoms with van der Waals surface area (Å²) in [7, 11) is 1.65. The number of nitrogens with two attached hydrogens (primary N) is 1. The quantitative estimate of drug-likeness (QED) is 0.753. The second-order valence-corrected chi connectivity index (χ2v) is 5.36. The molecule has 0 saturated heterocycles. The maximum atomic E-state index is 13.1. The van der Waals surface area contributed by atoms with Gasteiger partial charge in [0.05, 0.1) is 18.3 Å². The number of anilines is 2. The molecule has 21 heavy (non-hydrogen) atoms. The molecule has 116 valence electrons. The minimum absolute atomic E-state index is 0.0267. The number of carbonyl (C=O) groups excluding carboxylic acids is 1. The van der Waals surface area contributed by atoms with Gasteiger partial charge >= 0.3 is 0 Å². The number of amides is 1. The number of nitrogen functional groups attached to an aromatic ring is 1. The zero-order chi connectivity index (χ0) is 15.4. The lowest BCUT2D eigenvalue weighted by Gasteiger charge is -2.27. The summed E-state index contributed by atoms with van der Waals surface area (Å²) in [5, 5.41) is 2.78. The Morgan fingerprint density at radius 3 is 2.86 bits per heavy atom. The highest BCUT2D eigenvalue weighted by Crippen LogP contribution is 2.28. The van der Waals surface area contributed by atoms with Gasteiger partial charge in [-0.1, -0.05) is 0 Å².